The summed E-state index contributed by atoms with van der Waals surface area (Å²) in [6.07, 6.45) is 4.49. The summed E-state index contributed by atoms with van der Waals surface area (Å²) in [5.41, 5.74) is -1.83. The van der Waals surface area contributed by atoms with E-state index in [1.807, 2.05) is 13.8 Å². The lowest BCUT2D eigenvalue weighted by Gasteiger charge is -2.21. The van der Waals surface area contributed by atoms with Crippen molar-refractivity contribution in [1.29, 1.82) is 0 Å². The van der Waals surface area contributed by atoms with Crippen LogP contribution in [0.3, 0.4) is 0 Å². The lowest BCUT2D eigenvalue weighted by molar-refractivity contribution is -0.484. The Hall–Kier alpha value is -2.98. The number of hydrogen-bond acceptors (Lipinski definition) is 8. The van der Waals surface area contributed by atoms with E-state index in [-0.39, 0.29) is 0 Å². The zero-order chi connectivity index (χ0) is 18.3. The summed E-state index contributed by atoms with van der Waals surface area (Å²) in [6, 6.07) is 0. The first-order chi connectivity index (χ1) is 11.3. The maximum Gasteiger partial charge on any atom is 0.287 e. The van der Waals surface area contributed by atoms with Crippen molar-refractivity contribution in [3.05, 3.63) is 66.0 Å². The van der Waals surface area contributed by atoms with Crippen LogP contribution in [0.15, 0.2) is 35.7 Å². The van der Waals surface area contributed by atoms with Crippen LogP contribution in [0.2, 0.25) is 0 Å². The molecule has 0 aliphatic carbocycles. The molecule has 1 N–H and O–H groups in total. The van der Waals surface area contributed by atoms with Gasteiger partial charge in [-0.3, -0.25) is 30.3 Å². The van der Waals surface area contributed by atoms with Crippen LogP contribution < -0.4 is 5.32 Å². The van der Waals surface area contributed by atoms with Crippen molar-refractivity contribution >= 4 is 0 Å². The molecule has 0 aromatic carbocycles. The fourth-order valence-electron chi connectivity index (χ4n) is 2.24. The molecule has 0 radical (unpaired) electrons. The van der Waals surface area contributed by atoms with Crippen LogP contribution in [-0.4, -0.2) is 32.8 Å². The van der Waals surface area contributed by atoms with Crippen LogP contribution in [0.25, 0.3) is 0 Å². The molecule has 132 valence electrons. The molecule has 0 atom stereocenters. The van der Waals surface area contributed by atoms with Crippen molar-refractivity contribution in [1.82, 2.24) is 10.2 Å². The van der Waals surface area contributed by atoms with E-state index in [1.165, 1.54) is 4.90 Å². The van der Waals surface area contributed by atoms with Crippen LogP contribution in [0.5, 0.6) is 0 Å². The molecule has 0 spiro atoms. The third-order valence-corrected chi connectivity index (χ3v) is 3.24. The van der Waals surface area contributed by atoms with E-state index >= 15 is 0 Å². The first-order valence-corrected chi connectivity index (χ1v) is 7.39. The van der Waals surface area contributed by atoms with Gasteiger partial charge in [-0.15, -0.1) is 0 Å². The topological polar surface area (TPSA) is 145 Å². The van der Waals surface area contributed by atoms with Crippen LogP contribution in [0.1, 0.15) is 26.7 Å². The zero-order valence-electron chi connectivity index (χ0n) is 13.4. The average Bonchev–Trinajstić information content (AvgIpc) is 2.51. The fourth-order valence-corrected chi connectivity index (χ4v) is 2.24. The highest BCUT2D eigenvalue weighted by molar-refractivity contribution is 5.26. The Balaban J connectivity index is 3.40. The van der Waals surface area contributed by atoms with E-state index in [4.69, 9.17) is 0 Å². The third-order valence-electron chi connectivity index (χ3n) is 3.24. The third kappa shape index (κ3) is 4.51. The maximum absolute atomic E-state index is 11.3. The van der Waals surface area contributed by atoms with Gasteiger partial charge in [-0.2, -0.15) is 0 Å². The predicted octanol–water partition coefficient (Wildman–Crippen LogP) is 1.68. The zero-order valence-corrected chi connectivity index (χ0v) is 13.4. The van der Waals surface area contributed by atoms with Gasteiger partial charge in [-0.25, -0.2) is 0 Å². The van der Waals surface area contributed by atoms with Gasteiger partial charge >= 0.3 is 0 Å². The number of rotatable bonds is 9. The maximum atomic E-state index is 11.3. The van der Waals surface area contributed by atoms with Crippen LogP contribution in [0.4, 0.5) is 0 Å². The molecule has 11 nitrogen and oxygen atoms in total. The first kappa shape index (κ1) is 19.1. The fraction of sp³-hybridized carbons (Fsp3) is 0.538. The SMILES string of the molecule is CCCN/C=C(/C1C([N+](=O)[O-])=CN(CCC)C=C1[N+](=O)[O-])[N+](=O)[O-]. The first-order valence-electron chi connectivity index (χ1n) is 7.39. The minimum absolute atomic E-state index is 0.326. The van der Waals surface area contributed by atoms with Crippen molar-refractivity contribution in [3.63, 3.8) is 0 Å². The van der Waals surface area contributed by atoms with Crippen LogP contribution in [0, 0.1) is 36.3 Å². The van der Waals surface area contributed by atoms with Crippen molar-refractivity contribution in [2.45, 2.75) is 26.7 Å². The van der Waals surface area contributed by atoms with Crippen LogP contribution in [-0.2, 0) is 0 Å². The molecule has 0 amide bonds. The van der Waals surface area contributed by atoms with Gasteiger partial charge in [-0.1, -0.05) is 13.8 Å². The molecule has 11 heteroatoms. The van der Waals surface area contributed by atoms with Gasteiger partial charge in [-0.05, 0) is 12.8 Å². The molecule has 24 heavy (non-hydrogen) atoms. The Morgan fingerprint density at radius 3 is 2.04 bits per heavy atom. The lowest BCUT2D eigenvalue weighted by atomic mass is 9.96. The second kappa shape index (κ2) is 8.60. The predicted molar refractivity (Wildman–Crippen MR) is 84.0 cm³/mol. The summed E-state index contributed by atoms with van der Waals surface area (Å²) in [5.74, 6) is -1.65. The van der Waals surface area contributed by atoms with Crippen molar-refractivity contribution in [2.24, 2.45) is 5.92 Å². The molecule has 0 bridgehead atoms. The molecule has 0 fully saturated rings. The molecule has 1 aliphatic heterocycles. The molecule has 0 aromatic heterocycles. The van der Waals surface area contributed by atoms with Crippen molar-refractivity contribution in [3.8, 4) is 0 Å². The number of hydrogen-bond donors (Lipinski definition) is 1. The second-order valence-electron chi connectivity index (χ2n) is 5.07. The van der Waals surface area contributed by atoms with Gasteiger partial charge in [0.05, 0.1) is 33.4 Å². The Morgan fingerprint density at radius 1 is 1.12 bits per heavy atom. The van der Waals surface area contributed by atoms with E-state index in [9.17, 15) is 30.3 Å². The quantitative estimate of drug-likeness (QED) is 0.379. The normalized spacial score (nSPS) is 15.6. The Bertz CT molecular complexity index is 558. The molecule has 0 saturated heterocycles. The molecule has 0 saturated carbocycles. The van der Waals surface area contributed by atoms with Gasteiger partial charge in [0.15, 0.2) is 0 Å². The van der Waals surface area contributed by atoms with Crippen molar-refractivity contribution in [2.75, 3.05) is 13.1 Å². The van der Waals surface area contributed by atoms with E-state index in [0.717, 1.165) is 18.6 Å². The van der Waals surface area contributed by atoms with E-state index in [0.29, 0.717) is 25.9 Å². The molecule has 1 aliphatic rings. The standard InChI is InChI=1S/C13H19N5O6/c1-3-5-14-7-10(16(19)20)13-11(17(21)22)8-15(6-4-2)9-12(13)18(23)24/h7-9,13-14H,3-6H2,1-2H3/b10-7-. The van der Waals surface area contributed by atoms with Crippen LogP contribution >= 0.6 is 0 Å². The largest absolute Gasteiger partial charge is 0.386 e. The van der Waals surface area contributed by atoms with E-state index in [1.54, 1.807) is 0 Å². The Labute approximate surface area is 137 Å². The monoisotopic (exact) mass is 341 g/mol. The average molecular weight is 341 g/mol. The minimum Gasteiger partial charge on any atom is -0.386 e. The summed E-state index contributed by atoms with van der Waals surface area (Å²) < 4.78 is 0. The lowest BCUT2D eigenvalue weighted by Crippen LogP contribution is -2.32. The summed E-state index contributed by atoms with van der Waals surface area (Å²) in [7, 11) is 0. The van der Waals surface area contributed by atoms with E-state index < -0.39 is 37.8 Å². The van der Waals surface area contributed by atoms with Gasteiger partial charge in [0.1, 0.15) is 0 Å². The van der Waals surface area contributed by atoms with Gasteiger partial charge in [0, 0.05) is 13.1 Å². The molecular weight excluding hydrogens is 322 g/mol. The molecule has 1 heterocycles. The van der Waals surface area contributed by atoms with Gasteiger partial charge < -0.3 is 10.2 Å². The van der Waals surface area contributed by atoms with Gasteiger partial charge in [0.25, 0.3) is 17.1 Å². The highest BCUT2D eigenvalue weighted by Gasteiger charge is 2.48. The summed E-state index contributed by atoms with van der Waals surface area (Å²) in [6.45, 7) is 4.37. The molecule has 0 unspecified atom stereocenters. The number of nitro groups is 3. The second-order valence-corrected chi connectivity index (χ2v) is 5.07. The van der Waals surface area contributed by atoms with Crippen molar-refractivity contribution < 1.29 is 14.8 Å². The Morgan fingerprint density at radius 2 is 1.67 bits per heavy atom. The molecule has 0 aromatic rings. The Kier molecular flexibility index (Phi) is 6.83. The number of nitrogens with one attached hydrogen (secondary N) is 1. The van der Waals surface area contributed by atoms with E-state index in [2.05, 4.69) is 5.32 Å². The summed E-state index contributed by atoms with van der Waals surface area (Å²) in [4.78, 5) is 32.8. The number of nitrogens with zero attached hydrogens (tertiary/aromatic N) is 4. The molecular formula is C13H19N5O6. The minimum atomic E-state index is -1.65. The highest BCUT2D eigenvalue weighted by atomic mass is 16.6. The smallest absolute Gasteiger partial charge is 0.287 e. The summed E-state index contributed by atoms with van der Waals surface area (Å²) in [5, 5.41) is 36.6. The summed E-state index contributed by atoms with van der Waals surface area (Å²) >= 11 is 0. The van der Waals surface area contributed by atoms with Gasteiger partial charge in [0.2, 0.25) is 5.92 Å². The highest BCUT2D eigenvalue weighted by Crippen LogP contribution is 2.33. The molecule has 1 rings (SSSR count).